The average Bonchev–Trinajstić information content (AvgIpc) is 3.37. The van der Waals surface area contributed by atoms with Gasteiger partial charge in [-0.15, -0.1) is 10.2 Å². The Morgan fingerprint density at radius 1 is 1.00 bits per heavy atom. The van der Waals surface area contributed by atoms with Crippen LogP contribution < -0.4 is 10.1 Å². The van der Waals surface area contributed by atoms with E-state index in [0.29, 0.717) is 0 Å². The molecule has 0 saturated carbocycles. The molecular formula is C18H16N6OS2. The minimum atomic E-state index is 0.759. The van der Waals surface area contributed by atoms with Crippen molar-refractivity contribution in [2.24, 2.45) is 0 Å². The number of nitrogens with one attached hydrogen (secondary N) is 1. The van der Waals surface area contributed by atoms with E-state index in [1.807, 2.05) is 54.6 Å². The van der Waals surface area contributed by atoms with E-state index >= 15 is 0 Å². The maximum absolute atomic E-state index is 5.79. The van der Waals surface area contributed by atoms with Gasteiger partial charge >= 0.3 is 0 Å². The van der Waals surface area contributed by atoms with E-state index in [-0.39, 0.29) is 0 Å². The Balaban J connectivity index is 1.29. The molecule has 0 unspecified atom stereocenters. The van der Waals surface area contributed by atoms with Crippen LogP contribution in [0.2, 0.25) is 0 Å². The van der Waals surface area contributed by atoms with E-state index in [2.05, 4.69) is 25.6 Å². The number of nitrogens with zero attached hydrogens (tertiary/aromatic N) is 5. The van der Waals surface area contributed by atoms with Crippen LogP contribution in [0.3, 0.4) is 0 Å². The quantitative estimate of drug-likeness (QED) is 0.441. The summed E-state index contributed by atoms with van der Waals surface area (Å²) < 4.78 is 8.51. The van der Waals surface area contributed by atoms with Crippen molar-refractivity contribution in [1.29, 1.82) is 0 Å². The highest BCUT2D eigenvalue weighted by Crippen LogP contribution is 2.29. The number of benzene rings is 2. The third kappa shape index (κ3) is 5.05. The molecule has 0 bridgehead atoms. The molecule has 0 amide bonds. The first-order chi connectivity index (χ1) is 13.3. The lowest BCUT2D eigenvalue weighted by molar-refractivity contribution is 0.483. The zero-order valence-electron chi connectivity index (χ0n) is 14.2. The summed E-state index contributed by atoms with van der Waals surface area (Å²) >= 11 is 3.17. The predicted molar refractivity (Wildman–Crippen MR) is 107 cm³/mol. The fourth-order valence-corrected chi connectivity index (χ4v) is 4.02. The van der Waals surface area contributed by atoms with Crippen molar-refractivity contribution in [2.45, 2.75) is 10.9 Å². The first kappa shape index (κ1) is 17.5. The van der Waals surface area contributed by atoms with E-state index in [1.165, 1.54) is 17.7 Å². The normalized spacial score (nSPS) is 10.7. The molecule has 136 valence electrons. The molecule has 0 saturated heterocycles. The number of aromatic nitrogens is 5. The molecule has 0 radical (unpaired) electrons. The summed E-state index contributed by atoms with van der Waals surface area (Å²) in [6.45, 7) is 0.788. The van der Waals surface area contributed by atoms with E-state index in [9.17, 15) is 0 Å². The highest BCUT2D eigenvalue weighted by Gasteiger charge is 2.06. The highest BCUT2D eigenvalue weighted by atomic mass is 32.2. The summed E-state index contributed by atoms with van der Waals surface area (Å²) in [5.41, 5.74) is 0.936. The second-order valence-electron chi connectivity index (χ2n) is 5.44. The molecule has 0 aliphatic heterocycles. The second kappa shape index (κ2) is 8.65. The predicted octanol–water partition coefficient (Wildman–Crippen LogP) is 4.46. The van der Waals surface area contributed by atoms with Crippen LogP contribution in [-0.2, 0) is 6.54 Å². The Morgan fingerprint density at radius 2 is 1.81 bits per heavy atom. The zero-order chi connectivity index (χ0) is 18.3. The minimum Gasteiger partial charge on any atom is -0.457 e. The maximum atomic E-state index is 5.79. The van der Waals surface area contributed by atoms with Crippen LogP contribution in [0.4, 0.5) is 10.8 Å². The molecule has 4 aromatic rings. The van der Waals surface area contributed by atoms with Crippen molar-refractivity contribution in [3.8, 4) is 11.5 Å². The molecule has 9 heteroatoms. The van der Waals surface area contributed by atoms with E-state index in [1.54, 1.807) is 22.8 Å². The smallest absolute Gasteiger partial charge is 0.210 e. The van der Waals surface area contributed by atoms with Gasteiger partial charge in [0.25, 0.3) is 0 Å². The van der Waals surface area contributed by atoms with Gasteiger partial charge in [0.2, 0.25) is 5.13 Å². The van der Waals surface area contributed by atoms with Crippen LogP contribution in [0.25, 0.3) is 0 Å². The van der Waals surface area contributed by atoms with Crippen LogP contribution in [0.5, 0.6) is 11.5 Å². The van der Waals surface area contributed by atoms with Crippen molar-refractivity contribution in [3.05, 3.63) is 67.3 Å². The molecule has 1 N–H and O–H groups in total. The van der Waals surface area contributed by atoms with Crippen LogP contribution in [-0.4, -0.2) is 30.7 Å². The first-order valence-corrected chi connectivity index (χ1v) is 10.0. The Labute approximate surface area is 164 Å². The van der Waals surface area contributed by atoms with Crippen molar-refractivity contribution in [1.82, 2.24) is 25.0 Å². The van der Waals surface area contributed by atoms with Crippen molar-refractivity contribution in [3.63, 3.8) is 0 Å². The number of thioether (sulfide) groups is 1. The fourth-order valence-electron chi connectivity index (χ4n) is 2.25. The van der Waals surface area contributed by atoms with Gasteiger partial charge in [0.1, 0.15) is 24.2 Å². The van der Waals surface area contributed by atoms with Gasteiger partial charge in [-0.25, -0.2) is 4.98 Å². The molecule has 2 aromatic heterocycles. The molecule has 0 atom stereocenters. The standard InChI is InChI=1S/C18H16N6OS2/c1-2-4-15(5-3-1)25-16-8-6-14(7-9-16)21-17-22-23-18(27-17)26-11-10-24-13-19-12-20-24/h1-9,12-13H,10-11H2,(H,21,22). The summed E-state index contributed by atoms with van der Waals surface area (Å²) in [5.74, 6) is 2.46. The number of anilines is 2. The minimum absolute atomic E-state index is 0.759. The van der Waals surface area contributed by atoms with Gasteiger partial charge in [0.15, 0.2) is 4.34 Å². The molecule has 2 aromatic carbocycles. The first-order valence-electron chi connectivity index (χ1n) is 8.24. The van der Waals surface area contributed by atoms with Gasteiger partial charge in [-0.3, -0.25) is 4.68 Å². The van der Waals surface area contributed by atoms with Gasteiger partial charge in [0.05, 0.1) is 6.54 Å². The lowest BCUT2D eigenvalue weighted by atomic mass is 10.3. The Morgan fingerprint density at radius 3 is 2.59 bits per heavy atom. The second-order valence-corrected chi connectivity index (χ2v) is 7.76. The number of ether oxygens (including phenoxy) is 1. The van der Waals surface area contributed by atoms with E-state index in [4.69, 9.17) is 4.74 Å². The van der Waals surface area contributed by atoms with Gasteiger partial charge in [0, 0.05) is 11.4 Å². The lowest BCUT2D eigenvalue weighted by Crippen LogP contribution is -2.00. The maximum Gasteiger partial charge on any atom is 0.210 e. The van der Waals surface area contributed by atoms with Crippen molar-refractivity contribution < 1.29 is 4.74 Å². The summed E-state index contributed by atoms with van der Waals surface area (Å²) in [4.78, 5) is 3.93. The fraction of sp³-hybridized carbons (Fsp3) is 0.111. The van der Waals surface area contributed by atoms with Crippen LogP contribution >= 0.6 is 23.1 Å². The molecule has 0 aliphatic carbocycles. The SMILES string of the molecule is c1ccc(Oc2ccc(Nc3nnc(SCCn4cncn4)s3)cc2)cc1. The summed E-state index contributed by atoms with van der Waals surface area (Å²) in [6, 6.07) is 17.5. The molecule has 2 heterocycles. The Hall–Kier alpha value is -2.91. The van der Waals surface area contributed by atoms with Gasteiger partial charge < -0.3 is 10.1 Å². The number of para-hydroxylation sites is 1. The topological polar surface area (TPSA) is 77.8 Å². The number of aryl methyl sites for hydroxylation is 1. The van der Waals surface area contributed by atoms with Gasteiger partial charge in [-0.1, -0.05) is 41.3 Å². The number of hydrogen-bond acceptors (Lipinski definition) is 8. The van der Waals surface area contributed by atoms with Crippen molar-refractivity contribution >= 4 is 33.9 Å². The Bertz CT molecular complexity index is 957. The van der Waals surface area contributed by atoms with E-state index < -0.39 is 0 Å². The summed E-state index contributed by atoms with van der Waals surface area (Å²) in [7, 11) is 0. The summed E-state index contributed by atoms with van der Waals surface area (Å²) in [6.07, 6.45) is 3.24. The zero-order valence-corrected chi connectivity index (χ0v) is 15.9. The molecule has 0 spiro atoms. The van der Waals surface area contributed by atoms with Crippen LogP contribution in [0, 0.1) is 0 Å². The third-order valence-corrected chi connectivity index (χ3v) is 5.46. The molecule has 27 heavy (non-hydrogen) atoms. The van der Waals surface area contributed by atoms with Crippen LogP contribution in [0.1, 0.15) is 0 Å². The monoisotopic (exact) mass is 396 g/mol. The third-order valence-electron chi connectivity index (χ3n) is 3.50. The van der Waals surface area contributed by atoms with Gasteiger partial charge in [-0.05, 0) is 36.4 Å². The van der Waals surface area contributed by atoms with Crippen LogP contribution in [0.15, 0.2) is 71.6 Å². The Kier molecular flexibility index (Phi) is 5.61. The van der Waals surface area contributed by atoms with Gasteiger partial charge in [-0.2, -0.15) is 5.10 Å². The van der Waals surface area contributed by atoms with Crippen molar-refractivity contribution in [2.75, 3.05) is 11.1 Å². The molecule has 0 fully saturated rings. The average molecular weight is 397 g/mol. The molecule has 7 nitrogen and oxygen atoms in total. The molecular weight excluding hydrogens is 380 g/mol. The van der Waals surface area contributed by atoms with E-state index in [0.717, 1.165) is 39.0 Å². The largest absolute Gasteiger partial charge is 0.457 e. The number of rotatable bonds is 8. The highest BCUT2D eigenvalue weighted by molar-refractivity contribution is 8.01. The summed E-state index contributed by atoms with van der Waals surface area (Å²) in [5, 5.41) is 16.5. The molecule has 4 rings (SSSR count). The molecule has 0 aliphatic rings. The number of hydrogen-bond donors (Lipinski definition) is 1. The lowest BCUT2D eigenvalue weighted by Gasteiger charge is -2.06.